The van der Waals surface area contributed by atoms with Gasteiger partial charge < -0.3 is 10.1 Å². The summed E-state index contributed by atoms with van der Waals surface area (Å²) in [6, 6.07) is 5.48. The second-order valence-electron chi connectivity index (χ2n) is 7.74. The molecule has 30 heavy (non-hydrogen) atoms. The number of anilines is 1. The van der Waals surface area contributed by atoms with Gasteiger partial charge in [0.05, 0.1) is 23.8 Å². The minimum absolute atomic E-state index is 0.290. The molecule has 0 radical (unpaired) electrons. The van der Waals surface area contributed by atoms with E-state index in [0.717, 1.165) is 34.6 Å². The summed E-state index contributed by atoms with van der Waals surface area (Å²) in [5.41, 5.74) is 1.89. The number of amides is 3. The number of hydrogen-bond donors (Lipinski definition) is 1. The third-order valence-electron chi connectivity index (χ3n) is 5.73. The fraction of sp³-hybridized carbons (Fsp3) is 0.364. The first kappa shape index (κ1) is 20.3. The summed E-state index contributed by atoms with van der Waals surface area (Å²) in [4.78, 5) is 52.8. The van der Waals surface area contributed by atoms with Crippen LogP contribution in [0.5, 0.6) is 0 Å². The Hall–Kier alpha value is -3.00. The third-order valence-corrected chi connectivity index (χ3v) is 6.90. The molecular formula is C22H22N2O5S. The monoisotopic (exact) mass is 426 g/mol. The molecule has 4 rings (SSSR count). The number of esters is 1. The number of imide groups is 1. The van der Waals surface area contributed by atoms with Gasteiger partial charge in [-0.15, -0.1) is 11.3 Å². The maximum absolute atomic E-state index is 13.0. The van der Waals surface area contributed by atoms with Crippen molar-refractivity contribution in [3.63, 3.8) is 0 Å². The minimum atomic E-state index is -1.03. The third kappa shape index (κ3) is 3.21. The molecule has 0 saturated carbocycles. The van der Waals surface area contributed by atoms with Crippen molar-refractivity contribution in [1.29, 1.82) is 0 Å². The van der Waals surface area contributed by atoms with Gasteiger partial charge in [-0.2, -0.15) is 0 Å². The molecule has 0 saturated heterocycles. The molecule has 2 heterocycles. The van der Waals surface area contributed by atoms with Gasteiger partial charge in [-0.25, -0.2) is 4.79 Å². The number of ether oxygens (including phenoxy) is 1. The van der Waals surface area contributed by atoms with Crippen molar-refractivity contribution in [1.82, 2.24) is 4.90 Å². The lowest BCUT2D eigenvalue weighted by molar-refractivity contribution is -0.119. The molecule has 1 aromatic heterocycles. The molecular weight excluding hydrogens is 404 g/mol. The fourth-order valence-corrected chi connectivity index (χ4v) is 5.45. The van der Waals surface area contributed by atoms with E-state index < -0.39 is 29.7 Å². The van der Waals surface area contributed by atoms with Gasteiger partial charge in [-0.1, -0.05) is 19.1 Å². The Morgan fingerprint density at radius 3 is 2.43 bits per heavy atom. The van der Waals surface area contributed by atoms with Crippen LogP contribution >= 0.6 is 11.3 Å². The summed E-state index contributed by atoms with van der Waals surface area (Å²) in [7, 11) is 1.31. The van der Waals surface area contributed by atoms with Gasteiger partial charge in [0.15, 0.2) is 0 Å². The summed E-state index contributed by atoms with van der Waals surface area (Å²) in [5, 5.41) is 3.19. The highest BCUT2D eigenvalue weighted by molar-refractivity contribution is 7.17. The molecule has 0 fully saturated rings. The van der Waals surface area contributed by atoms with E-state index in [2.05, 4.69) is 12.2 Å². The van der Waals surface area contributed by atoms with Crippen LogP contribution < -0.4 is 5.32 Å². The molecule has 2 aromatic rings. The summed E-state index contributed by atoms with van der Waals surface area (Å²) in [6.45, 7) is 3.66. The summed E-state index contributed by atoms with van der Waals surface area (Å²) < 4.78 is 4.94. The van der Waals surface area contributed by atoms with Crippen LogP contribution in [0.15, 0.2) is 24.3 Å². The Kier molecular flexibility index (Phi) is 5.19. The first-order valence-electron chi connectivity index (χ1n) is 9.84. The minimum Gasteiger partial charge on any atom is -0.465 e. The highest BCUT2D eigenvalue weighted by atomic mass is 32.1. The average Bonchev–Trinajstić information content (AvgIpc) is 3.21. The molecule has 0 spiro atoms. The Morgan fingerprint density at radius 1 is 1.20 bits per heavy atom. The number of carbonyl (C=O) groups excluding carboxylic acids is 4. The topological polar surface area (TPSA) is 92.8 Å². The zero-order valence-electron chi connectivity index (χ0n) is 17.0. The van der Waals surface area contributed by atoms with Gasteiger partial charge in [-0.3, -0.25) is 19.3 Å². The standard InChI is InChI=1S/C22H22N2O5S/c1-11-8-9-15-16(10-11)30-19(17(15)22(28)29-3)23-18(25)12(2)24-20(26)13-6-4-5-7-14(13)21(24)27/h4-7,11-12H,8-10H2,1-3H3,(H,23,25)/t11-,12+/m1/s1. The maximum atomic E-state index is 13.0. The molecule has 0 unspecified atom stereocenters. The lowest BCUT2D eigenvalue weighted by atomic mass is 9.88. The molecule has 156 valence electrons. The lowest BCUT2D eigenvalue weighted by Gasteiger charge is -2.21. The predicted octanol–water partition coefficient (Wildman–Crippen LogP) is 3.28. The van der Waals surface area contributed by atoms with Crippen LogP contribution in [0.4, 0.5) is 5.00 Å². The summed E-state index contributed by atoms with van der Waals surface area (Å²) in [5.74, 6) is -1.51. The highest BCUT2D eigenvalue weighted by Crippen LogP contribution is 2.40. The van der Waals surface area contributed by atoms with Crippen molar-refractivity contribution in [3.05, 3.63) is 51.4 Å². The van der Waals surface area contributed by atoms with Crippen LogP contribution in [0, 0.1) is 5.92 Å². The molecule has 1 aromatic carbocycles. The second kappa shape index (κ2) is 7.68. The SMILES string of the molecule is COC(=O)c1c(NC(=O)[C@H](C)N2C(=O)c3ccccc3C2=O)sc2c1CC[C@@H](C)C2. The van der Waals surface area contributed by atoms with Crippen molar-refractivity contribution >= 4 is 40.0 Å². The number of methoxy groups -OCH3 is 1. The Balaban J connectivity index is 1.61. The van der Waals surface area contributed by atoms with E-state index in [9.17, 15) is 19.2 Å². The van der Waals surface area contributed by atoms with E-state index in [0.29, 0.717) is 16.5 Å². The van der Waals surface area contributed by atoms with Crippen LogP contribution in [-0.4, -0.2) is 41.7 Å². The van der Waals surface area contributed by atoms with E-state index in [-0.39, 0.29) is 11.1 Å². The van der Waals surface area contributed by atoms with Gasteiger partial charge in [-0.05, 0) is 49.8 Å². The van der Waals surface area contributed by atoms with E-state index >= 15 is 0 Å². The summed E-state index contributed by atoms with van der Waals surface area (Å²) >= 11 is 1.37. The molecule has 2 aliphatic rings. The predicted molar refractivity (Wildman–Crippen MR) is 112 cm³/mol. The number of thiophene rings is 1. The van der Waals surface area contributed by atoms with Gasteiger partial charge in [0.1, 0.15) is 11.0 Å². The second-order valence-corrected chi connectivity index (χ2v) is 8.84. The molecule has 1 aliphatic heterocycles. The normalized spacial score (nSPS) is 18.6. The molecule has 3 amide bonds. The van der Waals surface area contributed by atoms with Gasteiger partial charge >= 0.3 is 5.97 Å². The van der Waals surface area contributed by atoms with Crippen LogP contribution in [0.1, 0.15) is 61.8 Å². The van der Waals surface area contributed by atoms with Gasteiger partial charge in [0.25, 0.3) is 11.8 Å². The smallest absolute Gasteiger partial charge is 0.341 e. The highest BCUT2D eigenvalue weighted by Gasteiger charge is 2.41. The molecule has 8 heteroatoms. The number of benzene rings is 1. The van der Waals surface area contributed by atoms with Crippen molar-refractivity contribution < 1.29 is 23.9 Å². The number of fused-ring (bicyclic) bond motifs is 2. The molecule has 2 atom stereocenters. The molecule has 1 aliphatic carbocycles. The van der Waals surface area contributed by atoms with Crippen molar-refractivity contribution in [2.45, 2.75) is 39.2 Å². The zero-order valence-corrected chi connectivity index (χ0v) is 17.8. The van der Waals surface area contributed by atoms with E-state index in [4.69, 9.17) is 4.74 Å². The van der Waals surface area contributed by atoms with Gasteiger partial charge in [0, 0.05) is 4.88 Å². The number of nitrogens with zero attached hydrogens (tertiary/aromatic N) is 1. The van der Waals surface area contributed by atoms with Crippen molar-refractivity contribution in [2.24, 2.45) is 5.92 Å². The first-order valence-corrected chi connectivity index (χ1v) is 10.7. The molecule has 1 N–H and O–H groups in total. The number of nitrogens with one attached hydrogen (secondary N) is 1. The van der Waals surface area contributed by atoms with E-state index in [1.54, 1.807) is 24.3 Å². The van der Waals surface area contributed by atoms with E-state index in [1.165, 1.54) is 25.4 Å². The summed E-state index contributed by atoms with van der Waals surface area (Å²) in [6.07, 6.45) is 2.56. The van der Waals surface area contributed by atoms with Crippen LogP contribution in [-0.2, 0) is 22.4 Å². The van der Waals surface area contributed by atoms with Crippen molar-refractivity contribution in [2.75, 3.05) is 12.4 Å². The number of rotatable bonds is 4. The lowest BCUT2D eigenvalue weighted by Crippen LogP contribution is -2.45. The molecule has 7 nitrogen and oxygen atoms in total. The van der Waals surface area contributed by atoms with Crippen LogP contribution in [0.25, 0.3) is 0 Å². The van der Waals surface area contributed by atoms with Crippen LogP contribution in [0.2, 0.25) is 0 Å². The quantitative estimate of drug-likeness (QED) is 0.598. The number of hydrogen-bond acceptors (Lipinski definition) is 6. The Labute approximate surface area is 178 Å². The van der Waals surface area contributed by atoms with Crippen molar-refractivity contribution in [3.8, 4) is 0 Å². The average molecular weight is 426 g/mol. The number of carbonyl (C=O) groups is 4. The Bertz CT molecular complexity index is 1040. The fourth-order valence-electron chi connectivity index (χ4n) is 4.05. The zero-order chi connectivity index (χ0) is 21.6. The molecule has 0 bridgehead atoms. The van der Waals surface area contributed by atoms with Gasteiger partial charge in [0.2, 0.25) is 5.91 Å². The van der Waals surface area contributed by atoms with Crippen LogP contribution in [0.3, 0.4) is 0 Å². The Morgan fingerprint density at radius 2 is 1.83 bits per heavy atom. The van der Waals surface area contributed by atoms with E-state index in [1.807, 2.05) is 0 Å². The first-order chi connectivity index (χ1) is 14.3. The maximum Gasteiger partial charge on any atom is 0.341 e. The largest absolute Gasteiger partial charge is 0.465 e.